The molecule has 0 saturated heterocycles. The van der Waals surface area contributed by atoms with E-state index in [0.29, 0.717) is 41.2 Å². The Labute approximate surface area is 213 Å². The number of aromatic nitrogens is 2. The van der Waals surface area contributed by atoms with E-state index >= 15 is 0 Å². The van der Waals surface area contributed by atoms with Crippen LogP contribution in [0.5, 0.6) is 17.4 Å². The Kier molecular flexibility index (Phi) is 6.52. The van der Waals surface area contributed by atoms with Gasteiger partial charge in [0.1, 0.15) is 18.2 Å². The van der Waals surface area contributed by atoms with Crippen molar-refractivity contribution in [2.75, 3.05) is 6.61 Å². The van der Waals surface area contributed by atoms with E-state index in [-0.39, 0.29) is 5.88 Å². The highest BCUT2D eigenvalue weighted by Crippen LogP contribution is 2.47. The molecule has 1 aliphatic rings. The molecule has 8 heteroatoms. The Morgan fingerprint density at radius 2 is 1.83 bits per heavy atom. The molecule has 5 rings (SSSR count). The van der Waals surface area contributed by atoms with Crippen LogP contribution in [0.4, 0.5) is 0 Å². The monoisotopic (exact) mass is 498 g/mol. The van der Waals surface area contributed by atoms with Gasteiger partial charge in [0.15, 0.2) is 11.5 Å². The van der Waals surface area contributed by atoms with Gasteiger partial charge < -0.3 is 19.9 Å². The van der Waals surface area contributed by atoms with Gasteiger partial charge in [0.2, 0.25) is 11.8 Å². The maximum atomic E-state index is 10.0. The molecular formula is C28H23ClN4O3. The Bertz CT molecular complexity index is 1460. The molecule has 0 radical (unpaired) electrons. The summed E-state index contributed by atoms with van der Waals surface area (Å²) in [6, 6.07) is 25.1. The topological polar surface area (TPSA) is 106 Å². The first-order valence-corrected chi connectivity index (χ1v) is 11.8. The number of nitriles is 1. The lowest BCUT2D eigenvalue weighted by Crippen LogP contribution is -2.21. The summed E-state index contributed by atoms with van der Waals surface area (Å²) in [7, 11) is 0. The molecule has 0 amide bonds. The predicted molar refractivity (Wildman–Crippen MR) is 137 cm³/mol. The van der Waals surface area contributed by atoms with E-state index in [1.807, 2.05) is 79.7 Å². The molecular weight excluding hydrogens is 476 g/mol. The Balaban J connectivity index is 1.55. The molecule has 3 aromatic carbocycles. The van der Waals surface area contributed by atoms with Crippen LogP contribution >= 0.6 is 11.6 Å². The van der Waals surface area contributed by atoms with E-state index in [1.54, 1.807) is 0 Å². The second-order valence-corrected chi connectivity index (χ2v) is 8.60. The van der Waals surface area contributed by atoms with E-state index in [2.05, 4.69) is 16.3 Å². The van der Waals surface area contributed by atoms with Crippen LogP contribution in [0.2, 0.25) is 5.02 Å². The smallest absolute Gasteiger partial charge is 0.244 e. The number of ether oxygens (including phenoxy) is 3. The average Bonchev–Trinajstić information content (AvgIpc) is 3.32. The fraction of sp³-hybridized carbons (Fsp3) is 0.143. The van der Waals surface area contributed by atoms with E-state index in [0.717, 1.165) is 27.9 Å². The third-order valence-corrected chi connectivity index (χ3v) is 6.16. The van der Waals surface area contributed by atoms with Gasteiger partial charge in [0.05, 0.1) is 23.8 Å². The number of halogens is 1. The highest BCUT2D eigenvalue weighted by molar-refractivity contribution is 6.30. The number of H-pyrrole nitrogens is 1. The third kappa shape index (κ3) is 4.47. The van der Waals surface area contributed by atoms with Crippen LogP contribution < -0.4 is 19.9 Å². The summed E-state index contributed by atoms with van der Waals surface area (Å²) in [5.74, 6) is 1.03. The highest BCUT2D eigenvalue weighted by Gasteiger charge is 2.36. The zero-order valence-electron chi connectivity index (χ0n) is 19.5. The molecule has 180 valence electrons. The van der Waals surface area contributed by atoms with Crippen molar-refractivity contribution in [2.45, 2.75) is 19.4 Å². The number of aromatic amines is 1. The molecule has 36 heavy (non-hydrogen) atoms. The van der Waals surface area contributed by atoms with Crippen molar-refractivity contribution >= 4 is 11.6 Å². The van der Waals surface area contributed by atoms with Crippen LogP contribution in [0.1, 0.15) is 29.5 Å². The number of benzene rings is 3. The van der Waals surface area contributed by atoms with Crippen LogP contribution in [0.15, 0.2) is 84.3 Å². The number of fused-ring (bicyclic) bond motifs is 1. The lowest BCUT2D eigenvalue weighted by molar-refractivity contribution is 0.269. The first-order valence-electron chi connectivity index (χ1n) is 11.4. The minimum atomic E-state index is -0.503. The van der Waals surface area contributed by atoms with Gasteiger partial charge in [-0.3, -0.25) is 5.10 Å². The van der Waals surface area contributed by atoms with Crippen LogP contribution in [0.3, 0.4) is 0 Å². The molecule has 2 heterocycles. The molecule has 1 aliphatic heterocycles. The van der Waals surface area contributed by atoms with Crippen molar-refractivity contribution in [1.82, 2.24) is 10.2 Å². The van der Waals surface area contributed by atoms with Gasteiger partial charge in [-0.25, -0.2) is 0 Å². The van der Waals surface area contributed by atoms with Crippen molar-refractivity contribution in [2.24, 2.45) is 5.73 Å². The highest BCUT2D eigenvalue weighted by atomic mass is 35.5. The molecule has 1 atom stereocenters. The van der Waals surface area contributed by atoms with Gasteiger partial charge in [-0.1, -0.05) is 60.1 Å². The predicted octanol–water partition coefficient (Wildman–Crippen LogP) is 5.93. The van der Waals surface area contributed by atoms with Gasteiger partial charge in [-0.2, -0.15) is 5.26 Å². The first-order chi connectivity index (χ1) is 17.6. The molecule has 0 bridgehead atoms. The number of hydrogen-bond acceptors (Lipinski definition) is 6. The minimum Gasteiger partial charge on any atom is -0.490 e. The molecule has 3 N–H and O–H groups in total. The second kappa shape index (κ2) is 10.1. The Hall–Kier alpha value is -4.41. The van der Waals surface area contributed by atoms with Crippen LogP contribution in [0, 0.1) is 11.3 Å². The maximum absolute atomic E-state index is 10.0. The van der Waals surface area contributed by atoms with Gasteiger partial charge in [-0.15, -0.1) is 5.10 Å². The molecule has 0 spiro atoms. The molecule has 1 aromatic heterocycles. The van der Waals surface area contributed by atoms with Gasteiger partial charge >= 0.3 is 0 Å². The van der Waals surface area contributed by atoms with E-state index in [4.69, 9.17) is 31.5 Å². The average molecular weight is 499 g/mol. The Morgan fingerprint density at radius 3 is 2.56 bits per heavy atom. The quantitative estimate of drug-likeness (QED) is 0.327. The van der Waals surface area contributed by atoms with Crippen molar-refractivity contribution in [3.8, 4) is 34.7 Å². The normalized spacial score (nSPS) is 14.5. The van der Waals surface area contributed by atoms with Gasteiger partial charge in [0.25, 0.3) is 0 Å². The number of nitrogens with zero attached hydrogens (tertiary/aromatic N) is 2. The van der Waals surface area contributed by atoms with E-state index in [1.165, 1.54) is 0 Å². The zero-order valence-corrected chi connectivity index (χ0v) is 20.3. The lowest BCUT2D eigenvalue weighted by atomic mass is 9.83. The summed E-state index contributed by atoms with van der Waals surface area (Å²) in [4.78, 5) is 0. The number of hydrogen-bond donors (Lipinski definition) is 2. The molecule has 0 saturated carbocycles. The summed E-state index contributed by atoms with van der Waals surface area (Å²) < 4.78 is 17.7. The largest absolute Gasteiger partial charge is 0.490 e. The van der Waals surface area contributed by atoms with Crippen molar-refractivity contribution in [3.05, 3.63) is 106 Å². The van der Waals surface area contributed by atoms with Crippen molar-refractivity contribution < 1.29 is 14.2 Å². The van der Waals surface area contributed by atoms with Crippen LogP contribution in [-0.2, 0) is 6.61 Å². The minimum absolute atomic E-state index is 0.0298. The SMILES string of the molecule is CCOc1cc(C2C(C#N)=C(N)Oc3n[nH]c(-c4ccccc4)c32)ccc1OCc1ccc(Cl)cc1. The summed E-state index contributed by atoms with van der Waals surface area (Å²) in [6.45, 7) is 2.71. The van der Waals surface area contributed by atoms with Gasteiger partial charge in [-0.05, 0) is 47.9 Å². The summed E-state index contributed by atoms with van der Waals surface area (Å²) >= 11 is 5.99. The van der Waals surface area contributed by atoms with Crippen LogP contribution in [0.25, 0.3) is 11.3 Å². The maximum Gasteiger partial charge on any atom is 0.244 e. The lowest BCUT2D eigenvalue weighted by Gasteiger charge is -2.25. The molecule has 0 aliphatic carbocycles. The summed E-state index contributed by atoms with van der Waals surface area (Å²) in [6.07, 6.45) is 0. The van der Waals surface area contributed by atoms with E-state index < -0.39 is 5.92 Å². The standard InChI is InChI=1S/C28H23ClN4O3/c1-2-34-23-14-19(10-13-22(23)35-16-17-8-11-20(29)12-9-17)24-21(15-30)27(31)36-28-25(24)26(32-33-28)18-6-4-3-5-7-18/h3-14,24H,2,16,31H2,1H3,(H,32,33). The third-order valence-electron chi connectivity index (χ3n) is 5.91. The van der Waals surface area contributed by atoms with Crippen molar-refractivity contribution in [1.29, 1.82) is 5.26 Å². The van der Waals surface area contributed by atoms with Crippen LogP contribution in [-0.4, -0.2) is 16.8 Å². The molecule has 1 unspecified atom stereocenters. The summed E-state index contributed by atoms with van der Waals surface area (Å²) in [5, 5.41) is 18.1. The summed E-state index contributed by atoms with van der Waals surface area (Å²) in [5.41, 5.74) is 10.7. The van der Waals surface area contributed by atoms with E-state index in [9.17, 15) is 5.26 Å². The zero-order chi connectivity index (χ0) is 25.1. The molecule has 4 aromatic rings. The second-order valence-electron chi connectivity index (χ2n) is 8.16. The first kappa shape index (κ1) is 23.3. The molecule has 0 fully saturated rings. The number of rotatable bonds is 7. The number of nitrogens with two attached hydrogens (primary N) is 1. The fourth-order valence-corrected chi connectivity index (χ4v) is 4.36. The van der Waals surface area contributed by atoms with Gasteiger partial charge in [0, 0.05) is 5.02 Å². The number of allylic oxidation sites excluding steroid dienone is 1. The fourth-order valence-electron chi connectivity index (χ4n) is 4.24. The molecule has 7 nitrogen and oxygen atoms in total. The van der Waals surface area contributed by atoms with Crippen molar-refractivity contribution in [3.63, 3.8) is 0 Å². The number of nitrogens with one attached hydrogen (secondary N) is 1. The Morgan fingerprint density at radius 1 is 1.06 bits per heavy atom.